The number of carbonyl (C=O) groups is 1. The highest BCUT2D eigenvalue weighted by Gasteiger charge is 2.41. The predicted octanol–water partition coefficient (Wildman–Crippen LogP) is 3.23. The number of rotatable bonds is 2. The van der Waals surface area contributed by atoms with Gasteiger partial charge in [0.25, 0.3) is 0 Å². The average Bonchev–Trinajstić information content (AvgIpc) is 2.91. The van der Waals surface area contributed by atoms with E-state index in [0.717, 1.165) is 0 Å². The molecule has 0 saturated heterocycles. The first kappa shape index (κ1) is 15.4. The van der Waals surface area contributed by atoms with Crippen LogP contribution in [0.15, 0.2) is 54.7 Å². The Bertz CT molecular complexity index is 988. The lowest BCUT2D eigenvalue weighted by Gasteiger charge is -2.10. The van der Waals surface area contributed by atoms with Crippen LogP contribution in [-0.2, 0) is 0 Å². The molecule has 2 heterocycles. The van der Waals surface area contributed by atoms with E-state index in [0.29, 0.717) is 22.4 Å². The van der Waals surface area contributed by atoms with Crippen molar-refractivity contribution in [2.24, 2.45) is 0 Å². The van der Waals surface area contributed by atoms with Crippen LogP contribution in [0.1, 0.15) is 16.4 Å². The lowest BCUT2D eigenvalue weighted by molar-refractivity contribution is -0.524. The number of alkyl halides is 3. The van der Waals surface area contributed by atoms with Crippen molar-refractivity contribution in [2.45, 2.75) is 12.4 Å². The summed E-state index contributed by atoms with van der Waals surface area (Å²) in [6.07, 6.45) is -3.26. The number of nitrogens with one attached hydrogen (secondary N) is 1. The molecule has 25 heavy (non-hydrogen) atoms. The number of carbonyl (C=O) groups excluding carboxylic acids is 1. The van der Waals surface area contributed by atoms with Crippen molar-refractivity contribution in [1.29, 1.82) is 0 Å². The molecule has 0 fully saturated rings. The second-order valence-corrected chi connectivity index (χ2v) is 5.50. The molecular weight excluding hydrogens is 335 g/mol. The molecule has 0 aliphatic carbocycles. The Balaban J connectivity index is 1.73. The maximum Gasteiger partial charge on any atom is 0.573 e. The molecule has 0 spiro atoms. The normalized spacial score (nSPS) is 16.6. The highest BCUT2D eigenvalue weighted by Crippen LogP contribution is 2.29. The first-order chi connectivity index (χ1) is 11.9. The van der Waals surface area contributed by atoms with Gasteiger partial charge in [-0.1, -0.05) is 24.3 Å². The van der Waals surface area contributed by atoms with Crippen molar-refractivity contribution < 1.29 is 27.3 Å². The molecular formula is C17H11F3N3O2+. The quantitative estimate of drug-likeness (QED) is 0.724. The Morgan fingerprint density at radius 3 is 2.72 bits per heavy atom. The van der Waals surface area contributed by atoms with E-state index in [1.54, 1.807) is 24.3 Å². The fourth-order valence-corrected chi connectivity index (χ4v) is 2.88. The molecule has 1 N–H and O–H groups in total. The summed E-state index contributed by atoms with van der Waals surface area (Å²) in [7, 11) is 0. The van der Waals surface area contributed by atoms with Crippen LogP contribution in [0.5, 0.6) is 5.75 Å². The molecule has 0 bridgehead atoms. The molecule has 2 aromatic carbocycles. The molecule has 1 aliphatic rings. The number of ether oxygens (including phenoxy) is 1. The van der Waals surface area contributed by atoms with E-state index in [1.165, 1.54) is 29.0 Å². The predicted molar refractivity (Wildman–Crippen MR) is 82.1 cm³/mol. The highest BCUT2D eigenvalue weighted by molar-refractivity contribution is 5.87. The van der Waals surface area contributed by atoms with E-state index in [-0.39, 0.29) is 11.7 Å². The maximum absolute atomic E-state index is 12.8. The number of benzene rings is 2. The Morgan fingerprint density at radius 1 is 1.12 bits per heavy atom. The molecule has 1 atom stereocenters. The molecule has 1 aliphatic heterocycles. The Hall–Kier alpha value is -3.16. The van der Waals surface area contributed by atoms with E-state index in [9.17, 15) is 18.0 Å². The van der Waals surface area contributed by atoms with Crippen molar-refractivity contribution in [3.8, 4) is 5.75 Å². The Labute approximate surface area is 139 Å². The van der Waals surface area contributed by atoms with Crippen LogP contribution < -0.4 is 14.6 Å². The largest absolute Gasteiger partial charge is 0.573 e. The number of nitrogens with zero attached hydrogens (tertiary/aromatic N) is 2. The number of anilines is 1. The Morgan fingerprint density at radius 2 is 1.92 bits per heavy atom. The second kappa shape index (κ2) is 5.44. The molecule has 126 valence electrons. The number of halogens is 3. The van der Waals surface area contributed by atoms with Gasteiger partial charge in [-0.3, -0.25) is 5.32 Å². The minimum atomic E-state index is -4.79. The zero-order valence-corrected chi connectivity index (χ0v) is 12.6. The summed E-state index contributed by atoms with van der Waals surface area (Å²) in [4.78, 5) is 17.1. The number of hydrogen-bond donors (Lipinski definition) is 1. The van der Waals surface area contributed by atoms with Crippen molar-refractivity contribution >= 4 is 22.8 Å². The summed E-state index contributed by atoms with van der Waals surface area (Å²) in [5.41, 5.74) is 1.65. The van der Waals surface area contributed by atoms with Crippen LogP contribution in [0.3, 0.4) is 0 Å². The fourth-order valence-electron chi connectivity index (χ4n) is 2.88. The van der Waals surface area contributed by atoms with Crippen molar-refractivity contribution in [1.82, 2.24) is 4.98 Å². The van der Waals surface area contributed by atoms with Crippen molar-refractivity contribution in [3.63, 3.8) is 0 Å². The average molecular weight is 346 g/mol. The van der Waals surface area contributed by atoms with Crippen LogP contribution in [0, 0.1) is 0 Å². The van der Waals surface area contributed by atoms with E-state index in [2.05, 4.69) is 15.0 Å². The number of hydrogen-bond acceptors (Lipinski definition) is 4. The van der Waals surface area contributed by atoms with Gasteiger partial charge in [-0.25, -0.2) is 9.78 Å². The third-order valence-electron chi connectivity index (χ3n) is 3.87. The van der Waals surface area contributed by atoms with Gasteiger partial charge in [0.15, 0.2) is 5.52 Å². The Kier molecular flexibility index (Phi) is 3.34. The van der Waals surface area contributed by atoms with Crippen LogP contribution in [0.25, 0.3) is 11.0 Å². The first-order valence-corrected chi connectivity index (χ1v) is 7.39. The van der Waals surface area contributed by atoms with Gasteiger partial charge in [-0.15, -0.1) is 13.2 Å². The van der Waals surface area contributed by atoms with Gasteiger partial charge in [0.2, 0.25) is 6.04 Å². The minimum Gasteiger partial charge on any atom is -0.406 e. The fraction of sp³-hybridized carbons (Fsp3) is 0.118. The third kappa shape index (κ3) is 2.75. The smallest absolute Gasteiger partial charge is 0.406 e. The minimum absolute atomic E-state index is 0.294. The first-order valence-electron chi connectivity index (χ1n) is 7.39. The van der Waals surface area contributed by atoms with Gasteiger partial charge in [0, 0.05) is 5.56 Å². The van der Waals surface area contributed by atoms with E-state index in [4.69, 9.17) is 0 Å². The lowest BCUT2D eigenvalue weighted by Crippen LogP contribution is -2.41. The van der Waals surface area contributed by atoms with Crippen LogP contribution in [0.2, 0.25) is 0 Å². The summed E-state index contributed by atoms with van der Waals surface area (Å²) in [5, 5.41) is 3.00. The van der Waals surface area contributed by atoms with Gasteiger partial charge in [-0.2, -0.15) is 4.57 Å². The summed E-state index contributed by atoms with van der Waals surface area (Å²) in [5.74, 6) is -0.183. The molecule has 4 rings (SSSR count). The molecule has 0 radical (unpaired) electrons. The van der Waals surface area contributed by atoms with E-state index >= 15 is 0 Å². The van der Waals surface area contributed by atoms with Crippen molar-refractivity contribution in [3.05, 3.63) is 60.3 Å². The summed E-state index contributed by atoms with van der Waals surface area (Å²) < 4.78 is 42.6. The second-order valence-electron chi connectivity index (χ2n) is 5.50. The highest BCUT2D eigenvalue weighted by atomic mass is 19.4. The van der Waals surface area contributed by atoms with Gasteiger partial charge in [0.05, 0.1) is 0 Å². The van der Waals surface area contributed by atoms with Crippen molar-refractivity contribution in [2.75, 3.05) is 5.32 Å². The van der Waals surface area contributed by atoms with Gasteiger partial charge >= 0.3 is 18.1 Å². The molecule has 0 saturated carbocycles. The molecule has 3 aromatic rings. The number of para-hydroxylation sites is 2. The topological polar surface area (TPSA) is 55.1 Å². The molecule has 1 unspecified atom stereocenters. The van der Waals surface area contributed by atoms with Crippen LogP contribution in [0.4, 0.5) is 19.0 Å². The van der Waals surface area contributed by atoms with Gasteiger partial charge in [0.1, 0.15) is 17.5 Å². The summed E-state index contributed by atoms with van der Waals surface area (Å²) in [6.45, 7) is 0. The molecule has 5 nitrogen and oxygen atoms in total. The van der Waals surface area contributed by atoms with Crippen LogP contribution in [-0.4, -0.2) is 17.3 Å². The number of fused-ring (bicyclic) bond motifs is 3. The third-order valence-corrected chi connectivity index (χ3v) is 3.87. The maximum atomic E-state index is 12.8. The lowest BCUT2D eigenvalue weighted by atomic mass is 10.1. The zero-order chi connectivity index (χ0) is 17.6. The van der Waals surface area contributed by atoms with Gasteiger partial charge in [-0.05, 0) is 24.3 Å². The van der Waals surface area contributed by atoms with E-state index in [1.807, 2.05) is 6.07 Å². The SMILES string of the molecule is O=C1C(c2cccc(OC(F)(F)F)c2)Nc2cnc3ccccc3[n+]21. The van der Waals surface area contributed by atoms with Crippen LogP contribution >= 0.6 is 0 Å². The zero-order valence-electron chi connectivity index (χ0n) is 12.6. The summed E-state index contributed by atoms with van der Waals surface area (Å²) >= 11 is 0. The standard InChI is InChI=1S/C17H10F3N3O2/c18-17(19,20)25-11-5-3-4-10(8-11)15-16(24)23-13-7-2-1-6-12(13)21-9-14(23)22-15/h1-9,15H/p+1. The monoisotopic (exact) mass is 346 g/mol. The van der Waals surface area contributed by atoms with E-state index < -0.39 is 12.4 Å². The molecule has 0 amide bonds. The molecule has 8 heteroatoms. The summed E-state index contributed by atoms with van der Waals surface area (Å²) in [6, 6.07) is 11.7. The van der Waals surface area contributed by atoms with Gasteiger partial charge < -0.3 is 4.74 Å². The molecule has 1 aromatic heterocycles. The number of aromatic nitrogens is 2.